The lowest BCUT2D eigenvalue weighted by Gasteiger charge is -2.14. The second-order valence-corrected chi connectivity index (χ2v) is 3.65. The number of imide groups is 1. The lowest BCUT2D eigenvalue weighted by atomic mass is 10.4. The number of carbonyl (C=O) groups excluding carboxylic acids is 2. The highest BCUT2D eigenvalue weighted by molar-refractivity contribution is 5.95. The molecule has 6 heteroatoms. The van der Waals surface area contributed by atoms with Crippen LogP contribution < -0.4 is 5.32 Å². The second kappa shape index (κ2) is 4.78. The SMILES string of the molecule is O=C1CCCN1C(=O)NCCn1cccn1. The highest BCUT2D eigenvalue weighted by Gasteiger charge is 2.25. The highest BCUT2D eigenvalue weighted by atomic mass is 16.2. The summed E-state index contributed by atoms with van der Waals surface area (Å²) in [5.41, 5.74) is 0. The summed E-state index contributed by atoms with van der Waals surface area (Å²) in [4.78, 5) is 24.1. The van der Waals surface area contributed by atoms with Gasteiger partial charge in [0.2, 0.25) is 5.91 Å². The summed E-state index contributed by atoms with van der Waals surface area (Å²) in [7, 11) is 0. The van der Waals surface area contributed by atoms with E-state index in [1.165, 1.54) is 4.90 Å². The van der Waals surface area contributed by atoms with E-state index >= 15 is 0 Å². The molecule has 2 rings (SSSR count). The summed E-state index contributed by atoms with van der Waals surface area (Å²) in [5.74, 6) is -0.0865. The average molecular weight is 222 g/mol. The van der Waals surface area contributed by atoms with E-state index in [1.54, 1.807) is 10.9 Å². The van der Waals surface area contributed by atoms with Gasteiger partial charge in [0, 0.05) is 31.9 Å². The lowest BCUT2D eigenvalue weighted by Crippen LogP contribution is -2.41. The molecule has 0 aliphatic carbocycles. The van der Waals surface area contributed by atoms with Crippen molar-refractivity contribution in [3.63, 3.8) is 0 Å². The van der Waals surface area contributed by atoms with E-state index in [0.717, 1.165) is 6.42 Å². The Balaban J connectivity index is 1.73. The molecular weight excluding hydrogens is 208 g/mol. The third-order valence-corrected chi connectivity index (χ3v) is 2.49. The Morgan fingerprint density at radius 2 is 2.44 bits per heavy atom. The highest BCUT2D eigenvalue weighted by Crippen LogP contribution is 2.08. The number of carbonyl (C=O) groups is 2. The van der Waals surface area contributed by atoms with E-state index < -0.39 is 0 Å². The number of aromatic nitrogens is 2. The van der Waals surface area contributed by atoms with Crippen molar-refractivity contribution in [1.29, 1.82) is 0 Å². The zero-order valence-electron chi connectivity index (χ0n) is 8.93. The van der Waals surface area contributed by atoms with Crippen molar-refractivity contribution >= 4 is 11.9 Å². The Bertz CT molecular complexity index is 374. The van der Waals surface area contributed by atoms with Crippen molar-refractivity contribution in [2.75, 3.05) is 13.1 Å². The molecule has 3 amide bonds. The van der Waals surface area contributed by atoms with E-state index in [0.29, 0.717) is 26.1 Å². The molecule has 16 heavy (non-hydrogen) atoms. The van der Waals surface area contributed by atoms with Crippen LogP contribution >= 0.6 is 0 Å². The summed E-state index contributed by atoms with van der Waals surface area (Å²) in [5, 5.41) is 6.71. The van der Waals surface area contributed by atoms with Crippen molar-refractivity contribution in [2.24, 2.45) is 0 Å². The summed E-state index contributed by atoms with van der Waals surface area (Å²) < 4.78 is 1.73. The standard InChI is InChI=1S/C10H14N4O2/c15-9-3-1-7-14(9)10(16)11-5-8-13-6-2-4-12-13/h2,4,6H,1,3,5,7-8H2,(H,11,16). The average Bonchev–Trinajstić information content (AvgIpc) is 2.88. The molecule has 0 atom stereocenters. The van der Waals surface area contributed by atoms with Crippen molar-refractivity contribution < 1.29 is 9.59 Å². The Morgan fingerprint density at radius 1 is 1.56 bits per heavy atom. The van der Waals surface area contributed by atoms with Crippen LogP contribution in [0.15, 0.2) is 18.5 Å². The van der Waals surface area contributed by atoms with Gasteiger partial charge in [-0.3, -0.25) is 14.4 Å². The molecule has 0 unspecified atom stereocenters. The van der Waals surface area contributed by atoms with Gasteiger partial charge in [0.15, 0.2) is 0 Å². The molecular formula is C10H14N4O2. The normalized spacial score (nSPS) is 15.5. The van der Waals surface area contributed by atoms with Gasteiger partial charge in [-0.2, -0.15) is 5.10 Å². The fraction of sp³-hybridized carbons (Fsp3) is 0.500. The summed E-state index contributed by atoms with van der Waals surface area (Å²) in [6.07, 6.45) is 4.76. The second-order valence-electron chi connectivity index (χ2n) is 3.65. The quantitative estimate of drug-likeness (QED) is 0.795. The maximum atomic E-state index is 11.5. The summed E-state index contributed by atoms with van der Waals surface area (Å²) >= 11 is 0. The van der Waals surface area contributed by atoms with Crippen LogP contribution in [-0.2, 0) is 11.3 Å². The molecule has 1 aliphatic heterocycles. The largest absolute Gasteiger partial charge is 0.336 e. The molecule has 0 aromatic carbocycles. The van der Waals surface area contributed by atoms with Crippen LogP contribution in [-0.4, -0.2) is 39.7 Å². The number of hydrogen-bond acceptors (Lipinski definition) is 3. The Kier molecular flexibility index (Phi) is 3.19. The molecule has 1 N–H and O–H groups in total. The van der Waals surface area contributed by atoms with Crippen molar-refractivity contribution in [1.82, 2.24) is 20.0 Å². The predicted molar refractivity (Wildman–Crippen MR) is 56.6 cm³/mol. The molecule has 0 radical (unpaired) electrons. The van der Waals surface area contributed by atoms with Crippen LogP contribution in [0.2, 0.25) is 0 Å². The van der Waals surface area contributed by atoms with Gasteiger partial charge in [-0.05, 0) is 12.5 Å². The molecule has 0 bridgehead atoms. The fourth-order valence-electron chi connectivity index (χ4n) is 1.67. The van der Waals surface area contributed by atoms with Gasteiger partial charge in [0.05, 0.1) is 6.54 Å². The van der Waals surface area contributed by atoms with E-state index in [-0.39, 0.29) is 11.9 Å². The van der Waals surface area contributed by atoms with Crippen LogP contribution in [0.3, 0.4) is 0 Å². The van der Waals surface area contributed by atoms with Crippen LogP contribution in [0, 0.1) is 0 Å². The smallest absolute Gasteiger partial charge is 0.324 e. The summed E-state index contributed by atoms with van der Waals surface area (Å²) in [6.45, 7) is 1.62. The molecule has 6 nitrogen and oxygen atoms in total. The van der Waals surface area contributed by atoms with Gasteiger partial charge in [0.1, 0.15) is 0 Å². The number of likely N-dealkylation sites (tertiary alicyclic amines) is 1. The first-order valence-corrected chi connectivity index (χ1v) is 5.33. The number of rotatable bonds is 3. The van der Waals surface area contributed by atoms with Gasteiger partial charge in [0.25, 0.3) is 0 Å². The molecule has 86 valence electrons. The van der Waals surface area contributed by atoms with Gasteiger partial charge >= 0.3 is 6.03 Å². The number of hydrogen-bond donors (Lipinski definition) is 1. The minimum absolute atomic E-state index is 0.0865. The number of nitrogens with one attached hydrogen (secondary N) is 1. The maximum Gasteiger partial charge on any atom is 0.324 e. The molecule has 1 fully saturated rings. The molecule has 1 aliphatic rings. The first-order chi connectivity index (χ1) is 7.77. The maximum absolute atomic E-state index is 11.5. The monoisotopic (exact) mass is 222 g/mol. The van der Waals surface area contributed by atoms with Gasteiger partial charge < -0.3 is 5.32 Å². The van der Waals surface area contributed by atoms with Gasteiger partial charge in [-0.15, -0.1) is 0 Å². The third kappa shape index (κ3) is 2.39. The summed E-state index contributed by atoms with van der Waals surface area (Å²) in [6, 6.07) is 1.53. The van der Waals surface area contributed by atoms with Crippen LogP contribution in [0.1, 0.15) is 12.8 Å². The lowest BCUT2D eigenvalue weighted by molar-refractivity contribution is -0.125. The van der Waals surface area contributed by atoms with Crippen molar-refractivity contribution in [3.8, 4) is 0 Å². The number of urea groups is 1. The first-order valence-electron chi connectivity index (χ1n) is 5.33. The van der Waals surface area contributed by atoms with Gasteiger partial charge in [-0.25, -0.2) is 4.79 Å². The molecule has 0 saturated carbocycles. The van der Waals surface area contributed by atoms with Crippen molar-refractivity contribution in [2.45, 2.75) is 19.4 Å². The van der Waals surface area contributed by atoms with E-state index in [1.807, 2.05) is 12.3 Å². The van der Waals surface area contributed by atoms with Crippen LogP contribution in [0.25, 0.3) is 0 Å². The van der Waals surface area contributed by atoms with E-state index in [4.69, 9.17) is 0 Å². The predicted octanol–water partition coefficient (Wildman–Crippen LogP) is 0.215. The van der Waals surface area contributed by atoms with E-state index in [9.17, 15) is 9.59 Å². The number of amides is 3. The van der Waals surface area contributed by atoms with E-state index in [2.05, 4.69) is 10.4 Å². The molecule has 1 saturated heterocycles. The minimum atomic E-state index is -0.297. The molecule has 0 spiro atoms. The molecule has 1 aromatic heterocycles. The molecule has 2 heterocycles. The topological polar surface area (TPSA) is 67.2 Å². The van der Waals surface area contributed by atoms with Crippen molar-refractivity contribution in [3.05, 3.63) is 18.5 Å². The third-order valence-electron chi connectivity index (χ3n) is 2.49. The Labute approximate surface area is 93.2 Å². The first kappa shape index (κ1) is 10.7. The van der Waals surface area contributed by atoms with Crippen LogP contribution in [0.4, 0.5) is 4.79 Å². The zero-order valence-corrected chi connectivity index (χ0v) is 8.93. The van der Waals surface area contributed by atoms with Crippen LogP contribution in [0.5, 0.6) is 0 Å². The fourth-order valence-corrected chi connectivity index (χ4v) is 1.67. The van der Waals surface area contributed by atoms with Gasteiger partial charge in [-0.1, -0.05) is 0 Å². The zero-order chi connectivity index (χ0) is 11.4. The Morgan fingerprint density at radius 3 is 3.06 bits per heavy atom. The minimum Gasteiger partial charge on any atom is -0.336 e. The Hall–Kier alpha value is -1.85. The molecule has 1 aromatic rings. The number of nitrogens with zero attached hydrogens (tertiary/aromatic N) is 3.